The number of carbonyl (C=O) groups excluding carboxylic acids is 1. The van der Waals surface area contributed by atoms with Gasteiger partial charge in [0.2, 0.25) is 0 Å². The molecule has 0 aliphatic carbocycles. The van der Waals surface area contributed by atoms with Crippen LogP contribution in [0.5, 0.6) is 0 Å². The minimum atomic E-state index is -0.108. The Morgan fingerprint density at radius 2 is 2.30 bits per heavy atom. The molecule has 0 unspecified atom stereocenters. The number of amides is 1. The highest BCUT2D eigenvalue weighted by molar-refractivity contribution is 8.18. The maximum absolute atomic E-state index is 12.2. The number of rotatable bonds is 3. The van der Waals surface area contributed by atoms with Crippen LogP contribution in [0.25, 0.3) is 6.08 Å². The predicted molar refractivity (Wildman–Crippen MR) is 92.5 cm³/mol. The number of pyridine rings is 1. The van der Waals surface area contributed by atoms with E-state index in [0.717, 1.165) is 5.76 Å². The molecule has 5 nitrogen and oxygen atoms in total. The van der Waals surface area contributed by atoms with Gasteiger partial charge in [0, 0.05) is 19.4 Å². The van der Waals surface area contributed by atoms with Crippen molar-refractivity contribution in [2.24, 2.45) is 4.99 Å². The monoisotopic (exact) mass is 345 g/mol. The van der Waals surface area contributed by atoms with Gasteiger partial charge in [0.15, 0.2) is 5.17 Å². The van der Waals surface area contributed by atoms with Crippen LogP contribution in [-0.2, 0) is 4.79 Å². The number of carbonyl (C=O) groups is 1. The third kappa shape index (κ3) is 3.55. The minimum absolute atomic E-state index is 0.108. The predicted octanol–water partition coefficient (Wildman–Crippen LogP) is 4.12. The number of furan rings is 1. The summed E-state index contributed by atoms with van der Waals surface area (Å²) in [4.78, 5) is 22.7. The van der Waals surface area contributed by atoms with Gasteiger partial charge < -0.3 is 4.42 Å². The van der Waals surface area contributed by atoms with E-state index < -0.39 is 0 Å². The smallest absolute Gasteiger partial charge is 0.266 e. The largest absolute Gasteiger partial charge is 0.465 e. The van der Waals surface area contributed by atoms with Crippen molar-refractivity contribution in [2.75, 3.05) is 7.05 Å². The molecule has 0 atom stereocenters. The van der Waals surface area contributed by atoms with Crippen LogP contribution in [0.1, 0.15) is 5.76 Å². The van der Waals surface area contributed by atoms with Gasteiger partial charge in [-0.3, -0.25) is 14.7 Å². The molecule has 0 spiro atoms. The molecule has 0 saturated carbocycles. The lowest BCUT2D eigenvalue weighted by molar-refractivity contribution is -0.121. The number of aliphatic imine (C=N–C) groups is 1. The van der Waals surface area contributed by atoms with E-state index in [9.17, 15) is 4.79 Å². The highest BCUT2D eigenvalue weighted by Crippen LogP contribution is 2.33. The molecule has 2 aromatic heterocycles. The lowest BCUT2D eigenvalue weighted by atomic mass is 10.3. The van der Waals surface area contributed by atoms with Crippen molar-refractivity contribution < 1.29 is 9.21 Å². The third-order valence-corrected chi connectivity index (χ3v) is 4.39. The molecule has 1 fully saturated rings. The second-order valence-corrected chi connectivity index (χ2v) is 6.01. The van der Waals surface area contributed by atoms with Crippen molar-refractivity contribution in [1.82, 2.24) is 9.88 Å². The number of hydrogen-bond acceptors (Lipinski definition) is 5. The first kappa shape index (κ1) is 15.6. The summed E-state index contributed by atoms with van der Waals surface area (Å²) in [6.07, 6.45) is 10.0. The fourth-order valence-electron chi connectivity index (χ4n) is 1.84. The molecule has 0 radical (unpaired) electrons. The van der Waals surface area contributed by atoms with Gasteiger partial charge in [-0.1, -0.05) is 17.7 Å². The number of aromatic nitrogens is 1. The van der Waals surface area contributed by atoms with Gasteiger partial charge in [-0.05, 0) is 42.1 Å². The maximum atomic E-state index is 12.2. The van der Waals surface area contributed by atoms with Gasteiger partial charge in [0.25, 0.3) is 5.91 Å². The summed E-state index contributed by atoms with van der Waals surface area (Å²) in [6.45, 7) is 0. The van der Waals surface area contributed by atoms with Crippen molar-refractivity contribution in [1.29, 1.82) is 0 Å². The average Bonchev–Trinajstić information content (AvgIpc) is 3.14. The molecule has 1 aliphatic heterocycles. The Kier molecular flexibility index (Phi) is 4.64. The Morgan fingerprint density at radius 1 is 1.43 bits per heavy atom. The Bertz CT molecular complexity index is 812. The average molecular weight is 346 g/mol. The zero-order valence-corrected chi connectivity index (χ0v) is 13.7. The molecule has 0 N–H and O–H groups in total. The minimum Gasteiger partial charge on any atom is -0.465 e. The van der Waals surface area contributed by atoms with Crippen LogP contribution in [0, 0.1) is 0 Å². The molecule has 23 heavy (non-hydrogen) atoms. The van der Waals surface area contributed by atoms with Gasteiger partial charge in [0.05, 0.1) is 21.9 Å². The molecule has 1 saturated heterocycles. The van der Waals surface area contributed by atoms with E-state index in [0.29, 0.717) is 20.8 Å². The van der Waals surface area contributed by atoms with Gasteiger partial charge >= 0.3 is 0 Å². The van der Waals surface area contributed by atoms with E-state index in [4.69, 9.17) is 16.0 Å². The van der Waals surface area contributed by atoms with Gasteiger partial charge in [-0.25, -0.2) is 4.99 Å². The van der Waals surface area contributed by atoms with Gasteiger partial charge in [-0.15, -0.1) is 0 Å². The van der Waals surface area contributed by atoms with Crippen molar-refractivity contribution in [3.05, 3.63) is 64.7 Å². The number of allylic oxidation sites excluding steroid dienone is 2. The molecule has 7 heteroatoms. The first-order valence-electron chi connectivity index (χ1n) is 6.71. The van der Waals surface area contributed by atoms with Crippen molar-refractivity contribution in [3.8, 4) is 0 Å². The molecular formula is C16H12ClN3O2S. The second-order valence-electron chi connectivity index (χ2n) is 4.59. The van der Waals surface area contributed by atoms with Gasteiger partial charge in [0.1, 0.15) is 5.76 Å². The summed E-state index contributed by atoms with van der Waals surface area (Å²) in [5.41, 5.74) is 0.580. The van der Waals surface area contributed by atoms with Crippen LogP contribution in [-0.4, -0.2) is 28.0 Å². The van der Waals surface area contributed by atoms with Crippen LogP contribution in [0.2, 0.25) is 5.02 Å². The molecule has 116 valence electrons. The highest BCUT2D eigenvalue weighted by atomic mass is 35.5. The molecule has 1 amide bonds. The molecular weight excluding hydrogens is 334 g/mol. The van der Waals surface area contributed by atoms with Crippen LogP contribution >= 0.6 is 23.4 Å². The number of likely N-dealkylation sites (N-methyl/N-ethyl adjacent to an activating group) is 1. The summed E-state index contributed by atoms with van der Waals surface area (Å²) in [7, 11) is 1.68. The van der Waals surface area contributed by atoms with E-state index in [1.807, 2.05) is 6.07 Å². The first-order chi connectivity index (χ1) is 11.1. The lowest BCUT2D eigenvalue weighted by Gasteiger charge is -2.07. The van der Waals surface area contributed by atoms with Gasteiger partial charge in [-0.2, -0.15) is 0 Å². The van der Waals surface area contributed by atoms with E-state index >= 15 is 0 Å². The molecule has 0 bridgehead atoms. The van der Waals surface area contributed by atoms with E-state index in [1.54, 1.807) is 49.9 Å². The summed E-state index contributed by atoms with van der Waals surface area (Å²) in [6, 6.07) is 5.34. The van der Waals surface area contributed by atoms with Crippen LogP contribution in [0.15, 0.2) is 63.3 Å². The van der Waals surface area contributed by atoms with E-state index in [-0.39, 0.29) is 5.91 Å². The Labute approximate surface area is 142 Å². The molecule has 3 rings (SSSR count). The number of nitrogens with zero attached hydrogens (tertiary/aromatic N) is 3. The topological polar surface area (TPSA) is 58.7 Å². The number of thioether (sulfide) groups is 1. The molecule has 0 aromatic carbocycles. The van der Waals surface area contributed by atoms with Crippen LogP contribution in [0.3, 0.4) is 0 Å². The van der Waals surface area contributed by atoms with Crippen molar-refractivity contribution in [2.45, 2.75) is 0 Å². The number of amidine groups is 1. The number of halogens is 1. The van der Waals surface area contributed by atoms with Crippen LogP contribution < -0.4 is 0 Å². The van der Waals surface area contributed by atoms with Crippen molar-refractivity contribution in [3.63, 3.8) is 0 Å². The SMILES string of the molecule is CN1C(=O)/C(=C\C=C\c2ccco2)SC1=Nc1ccncc1Cl. The first-order valence-corrected chi connectivity index (χ1v) is 7.90. The number of hydrogen-bond donors (Lipinski definition) is 0. The quantitative estimate of drug-likeness (QED) is 0.785. The second kappa shape index (κ2) is 6.85. The Morgan fingerprint density at radius 3 is 3.04 bits per heavy atom. The van der Waals surface area contributed by atoms with Crippen LogP contribution in [0.4, 0.5) is 5.69 Å². The summed E-state index contributed by atoms with van der Waals surface area (Å²) < 4.78 is 5.20. The third-order valence-electron chi connectivity index (χ3n) is 3.02. The highest BCUT2D eigenvalue weighted by Gasteiger charge is 2.30. The summed E-state index contributed by atoms with van der Waals surface area (Å²) >= 11 is 7.34. The maximum Gasteiger partial charge on any atom is 0.266 e. The Hall–Kier alpha value is -2.31. The molecule has 2 aromatic rings. The fourth-order valence-corrected chi connectivity index (χ4v) is 2.94. The fraction of sp³-hybridized carbons (Fsp3) is 0.0625. The molecule has 3 heterocycles. The van der Waals surface area contributed by atoms with E-state index in [2.05, 4.69) is 9.98 Å². The Balaban J connectivity index is 1.81. The lowest BCUT2D eigenvalue weighted by Crippen LogP contribution is -2.23. The van der Waals surface area contributed by atoms with E-state index in [1.165, 1.54) is 22.9 Å². The standard InChI is InChI=1S/C16H12ClN3O2S/c1-20-15(21)14(6-2-4-11-5-3-9-22-11)23-16(20)19-13-7-8-18-10-12(13)17/h2-10H,1H3/b4-2+,14-6+,19-16?. The summed E-state index contributed by atoms with van der Waals surface area (Å²) in [5.74, 6) is 0.617. The van der Waals surface area contributed by atoms with Crippen molar-refractivity contribution >= 4 is 46.2 Å². The normalized spacial score (nSPS) is 18.7. The zero-order chi connectivity index (χ0) is 16.2. The molecule has 1 aliphatic rings. The zero-order valence-electron chi connectivity index (χ0n) is 12.1. The summed E-state index contributed by atoms with van der Waals surface area (Å²) in [5, 5.41) is 1.01.